The highest BCUT2D eigenvalue weighted by Crippen LogP contribution is 2.12. The van der Waals surface area contributed by atoms with Gasteiger partial charge in [-0.2, -0.15) is 0 Å². The van der Waals surface area contributed by atoms with E-state index in [9.17, 15) is 0 Å². The summed E-state index contributed by atoms with van der Waals surface area (Å²) >= 11 is 0. The van der Waals surface area contributed by atoms with Crippen molar-refractivity contribution < 1.29 is 0 Å². The van der Waals surface area contributed by atoms with Gasteiger partial charge in [-0.25, -0.2) is 0 Å². The summed E-state index contributed by atoms with van der Waals surface area (Å²) in [6.45, 7) is 1.99. The Kier molecular flexibility index (Phi) is 2.33. The van der Waals surface area contributed by atoms with E-state index in [1.165, 1.54) is 0 Å². The normalized spacial score (nSPS) is 11.7. The number of nitrogen functional groups attached to an aromatic ring is 1. The second-order valence-corrected chi connectivity index (χ2v) is 2.70. The van der Waals surface area contributed by atoms with Crippen LogP contribution in [0, 0.1) is 6.92 Å². The van der Waals surface area contributed by atoms with Crippen LogP contribution in [-0.2, 0) is 0 Å². The van der Waals surface area contributed by atoms with Crippen molar-refractivity contribution in [1.29, 1.82) is 0 Å². The van der Waals surface area contributed by atoms with Gasteiger partial charge in [-0.15, -0.1) is 0 Å². The van der Waals surface area contributed by atoms with Crippen molar-refractivity contribution in [3.8, 4) is 0 Å². The molecule has 0 aliphatic rings. The quantitative estimate of drug-likeness (QED) is 0.367. The molecule has 1 rings (SSSR count). The first-order valence-electron chi connectivity index (χ1n) is 3.74. The van der Waals surface area contributed by atoms with Crippen molar-refractivity contribution in [2.45, 2.75) is 6.92 Å². The predicted molar refractivity (Wildman–Crippen MR) is 52.2 cm³/mol. The highest BCUT2D eigenvalue weighted by Gasteiger charge is 2.01. The van der Waals surface area contributed by atoms with Gasteiger partial charge in [0.05, 0.1) is 0 Å². The van der Waals surface area contributed by atoms with Crippen LogP contribution in [-0.4, -0.2) is 12.9 Å². The number of rotatable bonds is 1. The third-order valence-electron chi connectivity index (χ3n) is 1.72. The average molecular weight is 163 g/mol. The molecular formula is C9H13N3. The summed E-state index contributed by atoms with van der Waals surface area (Å²) in [4.78, 5) is 3.86. The van der Waals surface area contributed by atoms with Gasteiger partial charge in [-0.05, 0) is 24.6 Å². The molecule has 3 nitrogen and oxygen atoms in total. The first kappa shape index (κ1) is 8.59. The Morgan fingerprint density at radius 1 is 1.42 bits per heavy atom. The van der Waals surface area contributed by atoms with Gasteiger partial charge >= 0.3 is 0 Å². The van der Waals surface area contributed by atoms with Gasteiger partial charge in [0.25, 0.3) is 0 Å². The van der Waals surface area contributed by atoms with Crippen LogP contribution in [0.4, 0.5) is 5.69 Å². The molecule has 12 heavy (non-hydrogen) atoms. The second kappa shape index (κ2) is 3.26. The zero-order valence-corrected chi connectivity index (χ0v) is 7.33. The first-order valence-corrected chi connectivity index (χ1v) is 3.74. The minimum Gasteiger partial charge on any atom is -0.398 e. The van der Waals surface area contributed by atoms with Crippen LogP contribution < -0.4 is 11.5 Å². The lowest BCUT2D eigenvalue weighted by Gasteiger charge is -2.04. The summed E-state index contributed by atoms with van der Waals surface area (Å²) < 4.78 is 0. The SMILES string of the molecule is CN=C(N)c1ccc(C)cc1N. The summed E-state index contributed by atoms with van der Waals surface area (Å²) in [5.41, 5.74) is 14.0. The molecule has 0 amide bonds. The molecule has 0 unspecified atom stereocenters. The zero-order chi connectivity index (χ0) is 9.14. The number of hydrogen-bond donors (Lipinski definition) is 2. The van der Waals surface area contributed by atoms with Crippen LogP contribution >= 0.6 is 0 Å². The molecule has 0 heterocycles. The third-order valence-corrected chi connectivity index (χ3v) is 1.72. The molecule has 0 aliphatic heterocycles. The smallest absolute Gasteiger partial charge is 0.127 e. The fourth-order valence-corrected chi connectivity index (χ4v) is 1.04. The molecule has 0 aromatic heterocycles. The molecule has 3 heteroatoms. The van der Waals surface area contributed by atoms with E-state index in [0.717, 1.165) is 11.1 Å². The van der Waals surface area contributed by atoms with E-state index in [4.69, 9.17) is 11.5 Å². The van der Waals surface area contributed by atoms with E-state index in [2.05, 4.69) is 4.99 Å². The van der Waals surface area contributed by atoms with Gasteiger partial charge in [0, 0.05) is 18.3 Å². The summed E-state index contributed by atoms with van der Waals surface area (Å²) in [5.74, 6) is 0.479. The highest BCUT2D eigenvalue weighted by atomic mass is 14.8. The predicted octanol–water partition coefficient (Wildman–Crippen LogP) is 0.912. The Morgan fingerprint density at radius 3 is 2.58 bits per heavy atom. The van der Waals surface area contributed by atoms with Crippen molar-refractivity contribution >= 4 is 11.5 Å². The Balaban J connectivity index is 3.18. The first-order chi connectivity index (χ1) is 5.65. The van der Waals surface area contributed by atoms with Crippen molar-refractivity contribution in [3.63, 3.8) is 0 Å². The Hall–Kier alpha value is -1.51. The summed E-state index contributed by atoms with van der Waals surface area (Å²) in [7, 11) is 1.65. The largest absolute Gasteiger partial charge is 0.398 e. The number of anilines is 1. The molecule has 0 saturated heterocycles. The standard InChI is InChI=1S/C9H13N3/c1-6-3-4-7(8(10)5-6)9(11)12-2/h3-5H,10H2,1-2H3,(H2,11,12). The minimum atomic E-state index is 0.479. The zero-order valence-electron chi connectivity index (χ0n) is 7.33. The summed E-state index contributed by atoms with van der Waals surface area (Å²) in [6, 6.07) is 5.73. The molecule has 4 N–H and O–H groups in total. The van der Waals surface area contributed by atoms with Gasteiger partial charge in [0.1, 0.15) is 5.84 Å². The van der Waals surface area contributed by atoms with Crippen LogP contribution in [0.5, 0.6) is 0 Å². The lowest BCUT2D eigenvalue weighted by atomic mass is 10.1. The molecular weight excluding hydrogens is 150 g/mol. The molecule has 1 aromatic carbocycles. The summed E-state index contributed by atoms with van der Waals surface area (Å²) in [5, 5.41) is 0. The lowest BCUT2D eigenvalue weighted by Crippen LogP contribution is -2.15. The fourth-order valence-electron chi connectivity index (χ4n) is 1.04. The van der Waals surface area contributed by atoms with Crippen molar-refractivity contribution in [2.24, 2.45) is 10.7 Å². The Morgan fingerprint density at radius 2 is 2.08 bits per heavy atom. The topological polar surface area (TPSA) is 64.4 Å². The average Bonchev–Trinajstić information content (AvgIpc) is 2.03. The molecule has 0 saturated carbocycles. The maximum absolute atomic E-state index is 5.74. The van der Waals surface area contributed by atoms with Gasteiger partial charge in [-0.1, -0.05) is 6.07 Å². The minimum absolute atomic E-state index is 0.479. The Bertz CT molecular complexity index is 316. The highest BCUT2D eigenvalue weighted by molar-refractivity contribution is 6.01. The molecule has 0 radical (unpaired) electrons. The molecule has 0 aliphatic carbocycles. The van der Waals surface area contributed by atoms with E-state index in [0.29, 0.717) is 11.5 Å². The van der Waals surface area contributed by atoms with Gasteiger partial charge in [-0.3, -0.25) is 4.99 Å². The van der Waals surface area contributed by atoms with Crippen LogP contribution in [0.2, 0.25) is 0 Å². The van der Waals surface area contributed by atoms with Crippen molar-refractivity contribution in [3.05, 3.63) is 29.3 Å². The number of aryl methyl sites for hydroxylation is 1. The molecule has 0 bridgehead atoms. The maximum Gasteiger partial charge on any atom is 0.127 e. The molecule has 0 atom stereocenters. The number of amidine groups is 1. The number of nitrogens with zero attached hydrogens (tertiary/aromatic N) is 1. The number of benzene rings is 1. The molecule has 64 valence electrons. The molecule has 1 aromatic rings. The number of nitrogens with two attached hydrogens (primary N) is 2. The van der Waals surface area contributed by atoms with Crippen LogP contribution in [0.1, 0.15) is 11.1 Å². The number of aliphatic imine (C=N–C) groups is 1. The maximum atomic E-state index is 5.74. The van der Waals surface area contributed by atoms with Gasteiger partial charge in [0.2, 0.25) is 0 Å². The Labute approximate surface area is 72.1 Å². The second-order valence-electron chi connectivity index (χ2n) is 2.70. The molecule has 0 spiro atoms. The van der Waals surface area contributed by atoms with Crippen molar-refractivity contribution in [1.82, 2.24) is 0 Å². The van der Waals surface area contributed by atoms with E-state index in [-0.39, 0.29) is 0 Å². The molecule has 0 fully saturated rings. The third kappa shape index (κ3) is 1.56. The van der Waals surface area contributed by atoms with E-state index in [1.807, 2.05) is 25.1 Å². The van der Waals surface area contributed by atoms with E-state index < -0.39 is 0 Å². The van der Waals surface area contributed by atoms with Crippen LogP contribution in [0.3, 0.4) is 0 Å². The van der Waals surface area contributed by atoms with E-state index >= 15 is 0 Å². The monoisotopic (exact) mass is 163 g/mol. The lowest BCUT2D eigenvalue weighted by molar-refractivity contribution is 1.38. The van der Waals surface area contributed by atoms with Gasteiger partial charge < -0.3 is 11.5 Å². The number of hydrogen-bond acceptors (Lipinski definition) is 2. The van der Waals surface area contributed by atoms with Crippen LogP contribution in [0.25, 0.3) is 0 Å². The van der Waals surface area contributed by atoms with E-state index in [1.54, 1.807) is 7.05 Å². The van der Waals surface area contributed by atoms with Crippen molar-refractivity contribution in [2.75, 3.05) is 12.8 Å². The summed E-state index contributed by atoms with van der Waals surface area (Å²) in [6.07, 6.45) is 0. The van der Waals surface area contributed by atoms with Gasteiger partial charge in [0.15, 0.2) is 0 Å². The fraction of sp³-hybridized carbons (Fsp3) is 0.222. The van der Waals surface area contributed by atoms with Crippen LogP contribution in [0.15, 0.2) is 23.2 Å².